The zero-order valence-corrected chi connectivity index (χ0v) is 24.1. The molecule has 5 unspecified atom stereocenters. The quantitative estimate of drug-likeness (QED) is 0.370. The SMILES string of the molecule is CCC(NC1CCOCC1)c1cccc(OCC[C@]23CCC4C(CC=C5CC(=O)CC[C@@]54C)C2CCC3O)c1. The van der Waals surface area contributed by atoms with E-state index in [2.05, 4.69) is 49.5 Å². The van der Waals surface area contributed by atoms with Crippen molar-refractivity contribution in [3.63, 3.8) is 0 Å². The van der Waals surface area contributed by atoms with Crippen molar-refractivity contribution in [2.75, 3.05) is 19.8 Å². The molecule has 1 aromatic carbocycles. The monoisotopic (exact) mass is 535 g/mol. The molecule has 39 heavy (non-hydrogen) atoms. The van der Waals surface area contributed by atoms with Gasteiger partial charge in [0.1, 0.15) is 11.5 Å². The van der Waals surface area contributed by atoms with Crippen LogP contribution in [0.3, 0.4) is 0 Å². The van der Waals surface area contributed by atoms with Crippen LogP contribution < -0.4 is 10.1 Å². The van der Waals surface area contributed by atoms with Gasteiger partial charge >= 0.3 is 0 Å². The smallest absolute Gasteiger partial charge is 0.136 e. The lowest BCUT2D eigenvalue weighted by molar-refractivity contribution is -0.123. The standard InChI is InChI=1S/C34H49NO4/c1-3-31(35-25-13-18-38-19-14-25)23-5-4-6-27(21-23)39-20-17-34-16-12-29-28(30(34)9-10-32(34)37)8-7-24-22-26(36)11-15-33(24,29)2/h4-7,21,25,28-32,35,37H,3,8-20,22H2,1-2H3/t28?,29?,30?,31?,32?,33-,34+/m0/s1. The number of ketones is 1. The Bertz CT molecular complexity index is 1060. The molecule has 7 atom stereocenters. The molecular weight excluding hydrogens is 486 g/mol. The third kappa shape index (κ3) is 5.13. The highest BCUT2D eigenvalue weighted by Crippen LogP contribution is 2.65. The Labute approximate surface area is 235 Å². The number of benzene rings is 1. The summed E-state index contributed by atoms with van der Waals surface area (Å²) in [6.07, 6.45) is 14.2. The van der Waals surface area contributed by atoms with E-state index < -0.39 is 0 Å². The van der Waals surface area contributed by atoms with Crippen LogP contribution in [-0.2, 0) is 9.53 Å². The second kappa shape index (κ2) is 11.3. The normalized spacial score (nSPS) is 37.4. The number of carbonyl (C=O) groups is 1. The second-order valence-electron chi connectivity index (χ2n) is 13.5. The van der Waals surface area contributed by atoms with Gasteiger partial charge in [-0.15, -0.1) is 0 Å². The summed E-state index contributed by atoms with van der Waals surface area (Å²) in [6, 6.07) is 9.49. The van der Waals surface area contributed by atoms with Crippen LogP contribution >= 0.6 is 0 Å². The van der Waals surface area contributed by atoms with Crippen molar-refractivity contribution in [3.05, 3.63) is 41.5 Å². The highest BCUT2D eigenvalue weighted by molar-refractivity contribution is 5.82. The van der Waals surface area contributed by atoms with Gasteiger partial charge in [-0.1, -0.05) is 37.6 Å². The van der Waals surface area contributed by atoms with Crippen molar-refractivity contribution in [1.29, 1.82) is 0 Å². The van der Waals surface area contributed by atoms with Gasteiger partial charge in [0.2, 0.25) is 0 Å². The number of hydrogen-bond acceptors (Lipinski definition) is 5. The van der Waals surface area contributed by atoms with E-state index in [0.29, 0.717) is 48.6 Å². The summed E-state index contributed by atoms with van der Waals surface area (Å²) < 4.78 is 12.0. The number of fused-ring (bicyclic) bond motifs is 5. The van der Waals surface area contributed by atoms with Crippen molar-refractivity contribution in [1.82, 2.24) is 5.32 Å². The van der Waals surface area contributed by atoms with E-state index in [4.69, 9.17) is 9.47 Å². The van der Waals surface area contributed by atoms with E-state index in [9.17, 15) is 9.90 Å². The lowest BCUT2D eigenvalue weighted by Gasteiger charge is -2.57. The van der Waals surface area contributed by atoms with Gasteiger partial charge in [-0.2, -0.15) is 0 Å². The fraction of sp³-hybridized carbons (Fsp3) is 0.735. The average molecular weight is 536 g/mol. The van der Waals surface area contributed by atoms with Crippen molar-refractivity contribution in [3.8, 4) is 5.75 Å². The van der Waals surface area contributed by atoms with Gasteiger partial charge in [0, 0.05) is 43.6 Å². The van der Waals surface area contributed by atoms with Crippen molar-refractivity contribution < 1.29 is 19.4 Å². The van der Waals surface area contributed by atoms with E-state index in [0.717, 1.165) is 83.2 Å². The van der Waals surface area contributed by atoms with Gasteiger partial charge in [0.15, 0.2) is 0 Å². The minimum Gasteiger partial charge on any atom is -0.494 e. The van der Waals surface area contributed by atoms with E-state index in [1.54, 1.807) is 0 Å². The molecule has 6 rings (SSSR count). The molecule has 5 nitrogen and oxygen atoms in total. The van der Waals surface area contributed by atoms with Crippen LogP contribution in [0.1, 0.15) is 103 Å². The predicted molar refractivity (Wildman–Crippen MR) is 154 cm³/mol. The molecule has 1 aliphatic heterocycles. The molecule has 0 bridgehead atoms. The Kier molecular flexibility index (Phi) is 7.96. The summed E-state index contributed by atoms with van der Waals surface area (Å²) in [5.74, 6) is 3.20. The number of aliphatic hydroxyl groups excluding tert-OH is 1. The fourth-order valence-electron chi connectivity index (χ4n) is 9.52. The van der Waals surface area contributed by atoms with Crippen LogP contribution in [0.4, 0.5) is 0 Å². The Morgan fingerprint density at radius 2 is 1.97 bits per heavy atom. The largest absolute Gasteiger partial charge is 0.494 e. The van der Waals surface area contributed by atoms with Crippen molar-refractivity contribution in [2.45, 2.75) is 109 Å². The predicted octanol–water partition coefficient (Wildman–Crippen LogP) is 6.55. The number of nitrogens with one attached hydrogen (secondary N) is 1. The second-order valence-corrected chi connectivity index (χ2v) is 13.5. The van der Waals surface area contributed by atoms with Crippen molar-refractivity contribution in [2.24, 2.45) is 28.6 Å². The van der Waals surface area contributed by atoms with Gasteiger partial charge in [0.25, 0.3) is 0 Å². The van der Waals surface area contributed by atoms with Crippen molar-refractivity contribution >= 4 is 5.78 Å². The first kappa shape index (κ1) is 27.5. The number of Topliss-reactive ketones (excluding diaryl/α,β-unsaturated/α-hetero) is 1. The summed E-state index contributed by atoms with van der Waals surface area (Å²) in [5, 5.41) is 15.2. The molecule has 1 saturated heterocycles. The molecule has 0 aromatic heterocycles. The molecule has 0 radical (unpaired) electrons. The summed E-state index contributed by atoms with van der Waals surface area (Å²) in [7, 11) is 0. The summed E-state index contributed by atoms with van der Waals surface area (Å²) >= 11 is 0. The summed E-state index contributed by atoms with van der Waals surface area (Å²) in [4.78, 5) is 12.2. The van der Waals surface area contributed by atoms with Gasteiger partial charge in [-0.3, -0.25) is 4.79 Å². The molecule has 0 spiro atoms. The maximum Gasteiger partial charge on any atom is 0.136 e. The lowest BCUT2D eigenvalue weighted by atomic mass is 9.47. The Morgan fingerprint density at radius 3 is 2.79 bits per heavy atom. The molecule has 4 fully saturated rings. The molecule has 0 amide bonds. The first-order valence-corrected chi connectivity index (χ1v) is 15.9. The maximum atomic E-state index is 12.2. The number of hydrogen-bond donors (Lipinski definition) is 2. The number of carbonyl (C=O) groups excluding carboxylic acids is 1. The maximum absolute atomic E-state index is 12.2. The van der Waals surface area contributed by atoms with Crippen LogP contribution in [0.5, 0.6) is 5.75 Å². The Hall–Kier alpha value is -1.69. The number of rotatable bonds is 8. The molecule has 214 valence electrons. The number of ether oxygens (including phenoxy) is 2. The first-order chi connectivity index (χ1) is 18.9. The zero-order chi connectivity index (χ0) is 27.0. The van der Waals surface area contributed by atoms with Crippen LogP contribution in [0, 0.1) is 28.6 Å². The van der Waals surface area contributed by atoms with E-state index in [1.807, 2.05) is 0 Å². The molecular formula is C34H49NO4. The van der Waals surface area contributed by atoms with Gasteiger partial charge in [0.05, 0.1) is 12.7 Å². The van der Waals surface area contributed by atoms with E-state index >= 15 is 0 Å². The summed E-state index contributed by atoms with van der Waals surface area (Å²) in [5.41, 5.74) is 2.87. The Morgan fingerprint density at radius 1 is 1.13 bits per heavy atom. The van der Waals surface area contributed by atoms with Gasteiger partial charge in [-0.25, -0.2) is 0 Å². The van der Waals surface area contributed by atoms with Crippen LogP contribution in [0.2, 0.25) is 0 Å². The van der Waals surface area contributed by atoms with Crippen LogP contribution in [0.15, 0.2) is 35.9 Å². The van der Waals surface area contributed by atoms with E-state index in [1.165, 1.54) is 17.6 Å². The topological polar surface area (TPSA) is 67.8 Å². The molecule has 2 N–H and O–H groups in total. The van der Waals surface area contributed by atoms with E-state index in [-0.39, 0.29) is 16.9 Å². The summed E-state index contributed by atoms with van der Waals surface area (Å²) in [6.45, 7) is 7.05. The van der Waals surface area contributed by atoms with Gasteiger partial charge < -0.3 is 19.9 Å². The number of allylic oxidation sites excluding steroid dienone is 2. The fourth-order valence-corrected chi connectivity index (χ4v) is 9.52. The minimum absolute atomic E-state index is 0.0263. The third-order valence-electron chi connectivity index (χ3n) is 11.8. The molecule has 1 aromatic rings. The molecule has 5 heteroatoms. The lowest BCUT2D eigenvalue weighted by Crippen LogP contribution is -2.52. The molecule has 3 saturated carbocycles. The average Bonchev–Trinajstić information content (AvgIpc) is 3.29. The van der Waals surface area contributed by atoms with Crippen LogP contribution in [0.25, 0.3) is 0 Å². The highest BCUT2D eigenvalue weighted by Gasteiger charge is 2.60. The molecule has 1 heterocycles. The first-order valence-electron chi connectivity index (χ1n) is 15.9. The van der Waals surface area contributed by atoms with Crippen LogP contribution in [-0.4, -0.2) is 42.9 Å². The molecule has 4 aliphatic carbocycles. The number of aliphatic hydroxyl groups is 1. The Balaban J connectivity index is 1.12. The molecule has 5 aliphatic rings. The minimum atomic E-state index is -0.224. The third-order valence-corrected chi connectivity index (χ3v) is 11.8. The zero-order valence-electron chi connectivity index (χ0n) is 24.1. The van der Waals surface area contributed by atoms with Gasteiger partial charge in [-0.05, 0) is 105 Å². The highest BCUT2D eigenvalue weighted by atomic mass is 16.5.